The lowest BCUT2D eigenvalue weighted by Gasteiger charge is -2.38. The van der Waals surface area contributed by atoms with Gasteiger partial charge in [0.1, 0.15) is 6.61 Å². The van der Waals surface area contributed by atoms with Gasteiger partial charge >= 0.3 is 8.17 Å². The van der Waals surface area contributed by atoms with Gasteiger partial charge in [-0.2, -0.15) is 19.6 Å². The number of phenols is 1. The molecule has 0 aromatic heterocycles. The van der Waals surface area contributed by atoms with Gasteiger partial charge in [0.05, 0.1) is 23.3 Å². The molecule has 0 amide bonds. The molecule has 0 radical (unpaired) electrons. The molecule has 0 aliphatic heterocycles. The van der Waals surface area contributed by atoms with E-state index < -0.39 is 13.6 Å². The number of hydrogen-bond donors (Lipinski definition) is 4. The fourth-order valence-corrected chi connectivity index (χ4v) is 3.21. The molecule has 1 atom stereocenters. The Labute approximate surface area is 137 Å². The maximum atomic E-state index is 9.73. The number of phenolic OH excluding ortho intramolecular Hbond substituents is 1. The second kappa shape index (κ2) is 7.57. The molecule has 1 unspecified atom stereocenters. The van der Waals surface area contributed by atoms with Crippen LogP contribution in [0.3, 0.4) is 0 Å². The van der Waals surface area contributed by atoms with Crippen LogP contribution in [0.4, 0.5) is 0 Å². The molecule has 0 saturated carbocycles. The fraction of sp³-hybridized carbons (Fsp3) is 0.462. The van der Waals surface area contributed by atoms with Gasteiger partial charge < -0.3 is 9.84 Å². The van der Waals surface area contributed by atoms with Crippen LogP contribution in [0.1, 0.15) is 24.0 Å². The van der Waals surface area contributed by atoms with E-state index in [4.69, 9.17) is 14.5 Å². The summed E-state index contributed by atoms with van der Waals surface area (Å²) in [5.41, 5.74) is 0.873. The molecule has 132 valence electrons. The number of nitrogens with zero attached hydrogens (tertiary/aromatic N) is 1. The SMILES string of the molecule is COc1cc2c(cc1O)CC2(C#N)CCCO[P+](O)(O)OOOO. The first-order valence-corrected chi connectivity index (χ1v) is 8.37. The highest BCUT2D eigenvalue weighted by Gasteiger charge is 2.45. The number of ether oxygens (including phenoxy) is 1. The Bertz CT molecular complexity index is 633. The third-order valence-corrected chi connectivity index (χ3v) is 4.57. The highest BCUT2D eigenvalue weighted by molar-refractivity contribution is 7.54. The van der Waals surface area contributed by atoms with Crippen molar-refractivity contribution in [2.24, 2.45) is 0 Å². The van der Waals surface area contributed by atoms with Gasteiger partial charge in [-0.15, -0.1) is 0 Å². The predicted molar refractivity (Wildman–Crippen MR) is 78.1 cm³/mol. The highest BCUT2D eigenvalue weighted by Crippen LogP contribution is 2.53. The maximum Gasteiger partial charge on any atom is 0.604 e. The molecule has 10 nitrogen and oxygen atoms in total. The zero-order valence-electron chi connectivity index (χ0n) is 12.7. The fourth-order valence-electron chi connectivity index (χ4n) is 2.69. The molecule has 0 saturated heterocycles. The average Bonchev–Trinajstić information content (AvgIpc) is 2.54. The second-order valence-electron chi connectivity index (χ2n) is 5.20. The van der Waals surface area contributed by atoms with E-state index in [9.17, 15) is 20.2 Å². The molecule has 2 rings (SSSR count). The van der Waals surface area contributed by atoms with Gasteiger partial charge in [0.25, 0.3) is 0 Å². The third kappa shape index (κ3) is 3.92. The van der Waals surface area contributed by atoms with E-state index >= 15 is 0 Å². The molecule has 0 fully saturated rings. The summed E-state index contributed by atoms with van der Waals surface area (Å²) in [6.07, 6.45) is 1.18. The van der Waals surface area contributed by atoms with Crippen LogP contribution in [0.25, 0.3) is 0 Å². The van der Waals surface area contributed by atoms with E-state index in [0.717, 1.165) is 11.1 Å². The van der Waals surface area contributed by atoms with Gasteiger partial charge in [0, 0.05) is 5.04 Å². The van der Waals surface area contributed by atoms with Crippen molar-refractivity contribution < 1.29 is 44.2 Å². The van der Waals surface area contributed by atoms with Crippen LogP contribution < -0.4 is 4.74 Å². The zero-order chi connectivity index (χ0) is 17.8. The zero-order valence-corrected chi connectivity index (χ0v) is 13.6. The van der Waals surface area contributed by atoms with Gasteiger partial charge in [-0.05, 0) is 47.6 Å². The standard InChI is InChI=1S/C13H16NO9P/c1-19-12-6-10-9(5-11(12)15)7-13(10,8-14)3-2-4-20-24(17,18)23-22-21-16/h5-6,17-18H,2-4,7H2,1H3,(H-,15,16)/p+1. The van der Waals surface area contributed by atoms with E-state index in [0.29, 0.717) is 19.3 Å². The van der Waals surface area contributed by atoms with Crippen molar-refractivity contribution >= 4 is 8.17 Å². The van der Waals surface area contributed by atoms with E-state index in [1.54, 1.807) is 12.1 Å². The van der Waals surface area contributed by atoms with Crippen molar-refractivity contribution in [3.8, 4) is 17.6 Å². The van der Waals surface area contributed by atoms with Crippen molar-refractivity contribution in [3.63, 3.8) is 0 Å². The van der Waals surface area contributed by atoms with Crippen molar-refractivity contribution in [2.45, 2.75) is 24.7 Å². The molecule has 1 aromatic rings. The minimum atomic E-state index is -4.27. The van der Waals surface area contributed by atoms with Crippen LogP contribution in [-0.4, -0.2) is 33.9 Å². The molecular weight excluding hydrogens is 345 g/mol. The minimum absolute atomic E-state index is 0.0181. The number of aromatic hydroxyl groups is 1. The first-order chi connectivity index (χ1) is 11.4. The number of benzene rings is 1. The number of nitriles is 1. The van der Waals surface area contributed by atoms with Crippen LogP contribution in [0.15, 0.2) is 12.1 Å². The van der Waals surface area contributed by atoms with Crippen molar-refractivity contribution in [1.29, 1.82) is 5.26 Å². The summed E-state index contributed by atoms with van der Waals surface area (Å²) >= 11 is 0. The Balaban J connectivity index is 1.93. The Morgan fingerprint density at radius 2 is 2.12 bits per heavy atom. The molecule has 1 aliphatic rings. The summed E-state index contributed by atoms with van der Waals surface area (Å²) in [4.78, 5) is 18.5. The minimum Gasteiger partial charge on any atom is -0.504 e. The lowest BCUT2D eigenvalue weighted by atomic mass is 9.62. The molecule has 0 spiro atoms. The Kier molecular flexibility index (Phi) is 5.92. The van der Waals surface area contributed by atoms with Gasteiger partial charge in [-0.3, -0.25) is 0 Å². The first kappa shape index (κ1) is 18.8. The predicted octanol–water partition coefficient (Wildman–Crippen LogP) is 1.53. The molecular formula is C13H17NO9P+. The molecule has 24 heavy (non-hydrogen) atoms. The summed E-state index contributed by atoms with van der Waals surface area (Å²) in [5, 5.41) is 33.7. The topological polar surface area (TPSA) is 151 Å². The number of hydrogen-bond acceptors (Lipinski definition) is 10. The van der Waals surface area contributed by atoms with Crippen molar-refractivity contribution in [2.75, 3.05) is 13.7 Å². The van der Waals surface area contributed by atoms with Crippen LogP contribution >= 0.6 is 8.17 Å². The monoisotopic (exact) mass is 362 g/mol. The summed E-state index contributed by atoms with van der Waals surface area (Å²) in [6.45, 7) is -0.121. The van der Waals surface area contributed by atoms with Gasteiger partial charge in [0.15, 0.2) is 11.5 Å². The first-order valence-electron chi connectivity index (χ1n) is 6.84. The lowest BCUT2D eigenvalue weighted by Crippen LogP contribution is -2.37. The van der Waals surface area contributed by atoms with Crippen LogP contribution in [0.2, 0.25) is 0 Å². The quantitative estimate of drug-likeness (QED) is 0.220. The Morgan fingerprint density at radius 3 is 2.75 bits per heavy atom. The summed E-state index contributed by atoms with van der Waals surface area (Å²) in [5.74, 6) is 0.305. The van der Waals surface area contributed by atoms with Gasteiger partial charge in [-0.1, -0.05) is 0 Å². The molecule has 0 bridgehead atoms. The van der Waals surface area contributed by atoms with Crippen molar-refractivity contribution in [3.05, 3.63) is 23.3 Å². The number of methoxy groups -OCH3 is 1. The molecule has 11 heteroatoms. The summed E-state index contributed by atoms with van der Waals surface area (Å²) < 4.78 is 13.6. The normalized spacial score (nSPS) is 19.3. The molecule has 0 heterocycles. The maximum absolute atomic E-state index is 9.73. The largest absolute Gasteiger partial charge is 0.604 e. The van der Waals surface area contributed by atoms with Crippen LogP contribution in [-0.2, 0) is 31.1 Å². The van der Waals surface area contributed by atoms with E-state index in [1.807, 2.05) is 0 Å². The Hall–Kier alpha value is -1.54. The smallest absolute Gasteiger partial charge is 0.504 e. The van der Waals surface area contributed by atoms with E-state index in [1.165, 1.54) is 7.11 Å². The van der Waals surface area contributed by atoms with Crippen LogP contribution in [0, 0.1) is 11.3 Å². The van der Waals surface area contributed by atoms with E-state index in [-0.39, 0.29) is 18.1 Å². The highest BCUT2D eigenvalue weighted by atomic mass is 31.2. The molecule has 1 aliphatic carbocycles. The van der Waals surface area contributed by atoms with Gasteiger partial charge in [0.2, 0.25) is 0 Å². The van der Waals surface area contributed by atoms with Gasteiger partial charge in [-0.25, -0.2) is 5.26 Å². The summed E-state index contributed by atoms with van der Waals surface area (Å²) in [6, 6.07) is 5.45. The third-order valence-electron chi connectivity index (χ3n) is 3.79. The molecule has 4 N–H and O–H groups in total. The van der Waals surface area contributed by atoms with Crippen molar-refractivity contribution in [1.82, 2.24) is 0 Å². The number of rotatable bonds is 9. The summed E-state index contributed by atoms with van der Waals surface area (Å²) in [7, 11) is -2.85. The Morgan fingerprint density at radius 1 is 1.38 bits per heavy atom. The lowest BCUT2D eigenvalue weighted by molar-refractivity contribution is -0.599. The van der Waals surface area contributed by atoms with Crippen LogP contribution in [0.5, 0.6) is 11.5 Å². The van der Waals surface area contributed by atoms with E-state index in [2.05, 4.69) is 20.8 Å². The average molecular weight is 362 g/mol. The molecule has 1 aromatic carbocycles. The second-order valence-corrected chi connectivity index (χ2v) is 6.58. The number of fused-ring (bicyclic) bond motifs is 1.